The molecule has 0 aromatic heterocycles. The minimum absolute atomic E-state index is 0.0736. The Morgan fingerprint density at radius 3 is 2.58 bits per heavy atom. The summed E-state index contributed by atoms with van der Waals surface area (Å²) in [4.78, 5) is 0. The van der Waals surface area contributed by atoms with E-state index in [1.807, 2.05) is 0 Å². The van der Waals surface area contributed by atoms with E-state index in [1.54, 1.807) is 12.1 Å². The summed E-state index contributed by atoms with van der Waals surface area (Å²) in [6.07, 6.45) is 5.61. The Morgan fingerprint density at radius 2 is 2.11 bits per heavy atom. The van der Waals surface area contributed by atoms with Crippen LogP contribution in [0.2, 0.25) is 0 Å². The number of hydrazine groups is 1. The Labute approximate surface area is 114 Å². The van der Waals surface area contributed by atoms with Gasteiger partial charge in [-0.25, -0.2) is 4.39 Å². The first-order chi connectivity index (χ1) is 9.16. The normalized spacial score (nSPS) is 19.4. The maximum atomic E-state index is 14.3. The number of ether oxygens (including phenoxy) is 1. The van der Waals surface area contributed by atoms with Crippen LogP contribution in [0.1, 0.15) is 50.6 Å². The highest BCUT2D eigenvalue weighted by Crippen LogP contribution is 2.50. The molecule has 0 bridgehead atoms. The number of nitrogens with two attached hydrogens (primary N) is 1. The van der Waals surface area contributed by atoms with Crippen molar-refractivity contribution >= 4 is 0 Å². The van der Waals surface area contributed by atoms with Gasteiger partial charge in [-0.1, -0.05) is 25.8 Å². The number of rotatable bonds is 5. The van der Waals surface area contributed by atoms with Crippen molar-refractivity contribution < 1.29 is 9.13 Å². The molecule has 19 heavy (non-hydrogen) atoms. The second kappa shape index (κ2) is 5.88. The first-order valence-corrected chi connectivity index (χ1v) is 6.96. The van der Waals surface area contributed by atoms with Gasteiger partial charge in [-0.15, -0.1) is 0 Å². The largest absolute Gasteiger partial charge is 0.497 e. The zero-order valence-electron chi connectivity index (χ0n) is 11.7. The van der Waals surface area contributed by atoms with E-state index in [-0.39, 0.29) is 17.3 Å². The third-order valence-electron chi connectivity index (χ3n) is 4.60. The van der Waals surface area contributed by atoms with Crippen LogP contribution in [-0.4, -0.2) is 7.11 Å². The van der Waals surface area contributed by atoms with Crippen LogP contribution in [0.4, 0.5) is 4.39 Å². The molecule has 0 heterocycles. The van der Waals surface area contributed by atoms with E-state index < -0.39 is 0 Å². The van der Waals surface area contributed by atoms with E-state index in [1.165, 1.54) is 26.0 Å². The van der Waals surface area contributed by atoms with Gasteiger partial charge in [0.25, 0.3) is 0 Å². The summed E-state index contributed by atoms with van der Waals surface area (Å²) in [5, 5.41) is 0. The van der Waals surface area contributed by atoms with Crippen molar-refractivity contribution in [3.05, 3.63) is 29.6 Å². The van der Waals surface area contributed by atoms with Crippen LogP contribution >= 0.6 is 0 Å². The summed E-state index contributed by atoms with van der Waals surface area (Å²) in [7, 11) is 1.54. The Morgan fingerprint density at radius 1 is 1.42 bits per heavy atom. The molecule has 1 unspecified atom stereocenters. The molecular weight excluding hydrogens is 243 g/mol. The van der Waals surface area contributed by atoms with Crippen molar-refractivity contribution in [2.24, 2.45) is 11.3 Å². The number of methoxy groups -OCH3 is 1. The highest BCUT2D eigenvalue weighted by Gasteiger charge is 2.41. The minimum atomic E-state index is -0.248. The van der Waals surface area contributed by atoms with Crippen LogP contribution in [0.25, 0.3) is 0 Å². The van der Waals surface area contributed by atoms with Crippen LogP contribution < -0.4 is 16.0 Å². The smallest absolute Gasteiger partial charge is 0.131 e. The molecule has 4 heteroatoms. The van der Waals surface area contributed by atoms with Crippen molar-refractivity contribution in [2.45, 2.75) is 45.1 Å². The highest BCUT2D eigenvalue weighted by atomic mass is 19.1. The summed E-state index contributed by atoms with van der Waals surface area (Å²) in [5.41, 5.74) is 3.57. The van der Waals surface area contributed by atoms with Crippen LogP contribution in [0.3, 0.4) is 0 Å². The molecule has 0 radical (unpaired) electrons. The Bertz CT molecular complexity index is 430. The minimum Gasteiger partial charge on any atom is -0.497 e. The lowest BCUT2D eigenvalue weighted by Gasteiger charge is -2.37. The van der Waals surface area contributed by atoms with Crippen molar-refractivity contribution in [3.8, 4) is 5.75 Å². The summed E-state index contributed by atoms with van der Waals surface area (Å²) >= 11 is 0. The molecule has 1 saturated carbocycles. The maximum Gasteiger partial charge on any atom is 0.131 e. The summed E-state index contributed by atoms with van der Waals surface area (Å²) in [5.74, 6) is 6.02. The quantitative estimate of drug-likeness (QED) is 0.635. The molecule has 1 aromatic rings. The summed E-state index contributed by atoms with van der Waals surface area (Å²) in [6, 6.07) is 4.87. The maximum absolute atomic E-state index is 14.3. The summed E-state index contributed by atoms with van der Waals surface area (Å²) in [6.45, 7) is 2.16. The van der Waals surface area contributed by atoms with Gasteiger partial charge in [0, 0.05) is 11.6 Å². The average molecular weight is 266 g/mol. The molecule has 1 aromatic carbocycles. The number of hydrogen-bond donors (Lipinski definition) is 2. The van der Waals surface area contributed by atoms with E-state index in [9.17, 15) is 4.39 Å². The van der Waals surface area contributed by atoms with Gasteiger partial charge in [0.15, 0.2) is 0 Å². The molecule has 106 valence electrons. The molecule has 0 spiro atoms. The first-order valence-electron chi connectivity index (χ1n) is 6.96. The van der Waals surface area contributed by atoms with Gasteiger partial charge in [0.05, 0.1) is 13.2 Å². The number of benzene rings is 1. The second-order valence-electron chi connectivity index (χ2n) is 5.41. The number of halogens is 1. The van der Waals surface area contributed by atoms with E-state index in [0.29, 0.717) is 11.3 Å². The van der Waals surface area contributed by atoms with E-state index >= 15 is 0 Å². The van der Waals surface area contributed by atoms with E-state index in [4.69, 9.17) is 10.6 Å². The second-order valence-corrected chi connectivity index (χ2v) is 5.41. The Balaban J connectivity index is 2.36. The monoisotopic (exact) mass is 266 g/mol. The zero-order chi connectivity index (χ0) is 13.9. The number of nitrogens with one attached hydrogen (secondary N) is 1. The van der Waals surface area contributed by atoms with Crippen molar-refractivity contribution in [1.82, 2.24) is 5.43 Å². The Kier molecular flexibility index (Phi) is 4.42. The lowest BCUT2D eigenvalue weighted by molar-refractivity contribution is 0.184. The fourth-order valence-corrected chi connectivity index (χ4v) is 3.39. The first kappa shape index (κ1) is 14.3. The molecule has 1 aliphatic rings. The lowest BCUT2D eigenvalue weighted by Crippen LogP contribution is -2.40. The zero-order valence-corrected chi connectivity index (χ0v) is 11.7. The lowest BCUT2D eigenvalue weighted by atomic mass is 9.73. The molecule has 0 saturated heterocycles. The molecule has 0 aliphatic heterocycles. The van der Waals surface area contributed by atoms with Crippen LogP contribution in [-0.2, 0) is 0 Å². The summed E-state index contributed by atoms with van der Waals surface area (Å²) < 4.78 is 19.3. The molecule has 3 N–H and O–H groups in total. The van der Waals surface area contributed by atoms with Gasteiger partial charge in [-0.2, -0.15) is 0 Å². The van der Waals surface area contributed by atoms with Gasteiger partial charge in [0.2, 0.25) is 0 Å². The van der Waals surface area contributed by atoms with E-state index in [0.717, 1.165) is 19.3 Å². The molecular formula is C15H23FN2O. The average Bonchev–Trinajstić information content (AvgIpc) is 2.91. The SMILES string of the molecule is CCC1(C(NN)c2ccc(OC)cc2F)CCCC1. The molecule has 3 nitrogen and oxygen atoms in total. The predicted molar refractivity (Wildman–Crippen MR) is 74.2 cm³/mol. The van der Waals surface area contributed by atoms with E-state index in [2.05, 4.69) is 12.3 Å². The van der Waals surface area contributed by atoms with Crippen molar-refractivity contribution in [3.63, 3.8) is 0 Å². The third kappa shape index (κ3) is 2.60. The molecule has 1 aliphatic carbocycles. The van der Waals surface area contributed by atoms with Gasteiger partial charge in [0.1, 0.15) is 11.6 Å². The van der Waals surface area contributed by atoms with Crippen LogP contribution in [0.15, 0.2) is 18.2 Å². The molecule has 0 amide bonds. The standard InChI is InChI=1S/C15H23FN2O/c1-3-15(8-4-5-9-15)14(18-17)12-7-6-11(19-2)10-13(12)16/h6-7,10,14,18H,3-5,8-9,17H2,1-2H3. The fourth-order valence-electron chi connectivity index (χ4n) is 3.39. The molecule has 1 atom stereocenters. The topological polar surface area (TPSA) is 47.3 Å². The van der Waals surface area contributed by atoms with Crippen molar-refractivity contribution in [1.29, 1.82) is 0 Å². The van der Waals surface area contributed by atoms with Gasteiger partial charge < -0.3 is 4.74 Å². The van der Waals surface area contributed by atoms with Gasteiger partial charge in [-0.05, 0) is 30.7 Å². The predicted octanol–water partition coefficient (Wildman–Crippen LogP) is 3.31. The number of hydrogen-bond acceptors (Lipinski definition) is 3. The van der Waals surface area contributed by atoms with Gasteiger partial charge in [-0.3, -0.25) is 11.3 Å². The molecule has 1 fully saturated rings. The highest BCUT2D eigenvalue weighted by molar-refractivity contribution is 5.32. The molecule has 2 rings (SSSR count). The van der Waals surface area contributed by atoms with Crippen LogP contribution in [0.5, 0.6) is 5.75 Å². The van der Waals surface area contributed by atoms with Crippen LogP contribution in [0, 0.1) is 11.2 Å². The third-order valence-corrected chi connectivity index (χ3v) is 4.60. The fraction of sp³-hybridized carbons (Fsp3) is 0.600. The Hall–Kier alpha value is -1.13. The van der Waals surface area contributed by atoms with Crippen molar-refractivity contribution in [2.75, 3.05) is 7.11 Å². The van der Waals surface area contributed by atoms with Gasteiger partial charge >= 0.3 is 0 Å².